The van der Waals surface area contributed by atoms with Gasteiger partial charge >= 0.3 is 0 Å². The molecular weight excluding hydrogens is 248 g/mol. The van der Waals surface area contributed by atoms with Crippen molar-refractivity contribution in [3.8, 4) is 0 Å². The monoisotopic (exact) mass is 270 g/mol. The van der Waals surface area contributed by atoms with E-state index in [0.717, 1.165) is 17.0 Å². The van der Waals surface area contributed by atoms with E-state index in [-0.39, 0.29) is 25.5 Å². The molecule has 0 unspecified atom stereocenters. The van der Waals surface area contributed by atoms with Gasteiger partial charge < -0.3 is 20.1 Å². The summed E-state index contributed by atoms with van der Waals surface area (Å²) in [5.74, 6) is 0.515. The third-order valence-electron chi connectivity index (χ3n) is 3.47. The summed E-state index contributed by atoms with van der Waals surface area (Å²) in [4.78, 5) is 11.9. The number of aryl methyl sites for hydroxylation is 2. The molecule has 6 heteroatoms. The smallest absolute Gasteiger partial charge is 0.220 e. The molecule has 0 fully saturated rings. The molecule has 1 aromatic heterocycles. The Morgan fingerprint density at radius 3 is 2.42 bits per heavy atom. The van der Waals surface area contributed by atoms with Crippen LogP contribution in [0.3, 0.4) is 0 Å². The summed E-state index contributed by atoms with van der Waals surface area (Å²) in [6.45, 7) is 4.89. The van der Waals surface area contributed by atoms with Crippen molar-refractivity contribution < 1.29 is 19.5 Å². The van der Waals surface area contributed by atoms with Gasteiger partial charge in [-0.15, -0.1) is 0 Å². The fraction of sp³-hybridized carbons (Fsp3) is 0.692. The minimum absolute atomic E-state index is 0.204. The number of hydrogen-bond acceptors (Lipinski definition) is 5. The second-order valence-corrected chi connectivity index (χ2v) is 4.80. The maximum atomic E-state index is 11.9. The molecule has 0 aliphatic carbocycles. The fourth-order valence-corrected chi connectivity index (χ4v) is 1.90. The van der Waals surface area contributed by atoms with Gasteiger partial charge in [-0.1, -0.05) is 12.1 Å². The van der Waals surface area contributed by atoms with Crippen LogP contribution in [0, 0.1) is 13.8 Å². The van der Waals surface area contributed by atoms with Crippen molar-refractivity contribution in [2.24, 2.45) is 0 Å². The molecule has 1 aromatic rings. The number of carbonyl (C=O) groups excluding carboxylic acids is 1. The van der Waals surface area contributed by atoms with Gasteiger partial charge in [0.15, 0.2) is 0 Å². The highest BCUT2D eigenvalue weighted by atomic mass is 16.5. The van der Waals surface area contributed by atoms with Crippen molar-refractivity contribution in [2.45, 2.75) is 45.6 Å². The maximum absolute atomic E-state index is 11.9. The topological polar surface area (TPSA) is 95.6 Å². The Hall–Kier alpha value is -1.40. The van der Waals surface area contributed by atoms with E-state index in [0.29, 0.717) is 12.8 Å². The Bertz CT molecular complexity index is 397. The summed E-state index contributed by atoms with van der Waals surface area (Å²) in [6, 6.07) is 0. The number of hydrogen-bond donors (Lipinski definition) is 3. The van der Waals surface area contributed by atoms with Crippen LogP contribution in [0.1, 0.15) is 36.8 Å². The van der Waals surface area contributed by atoms with Gasteiger partial charge in [-0.05, 0) is 26.7 Å². The molecule has 108 valence electrons. The van der Waals surface area contributed by atoms with Crippen molar-refractivity contribution in [3.05, 3.63) is 17.0 Å². The number of aromatic nitrogens is 1. The zero-order valence-corrected chi connectivity index (χ0v) is 11.7. The second-order valence-electron chi connectivity index (χ2n) is 4.80. The first-order valence-corrected chi connectivity index (χ1v) is 6.42. The zero-order chi connectivity index (χ0) is 14.5. The Morgan fingerprint density at radius 2 is 2.00 bits per heavy atom. The lowest BCUT2D eigenvalue weighted by Crippen LogP contribution is -2.53. The molecule has 0 saturated heterocycles. The summed E-state index contributed by atoms with van der Waals surface area (Å²) < 4.78 is 5.03. The standard InChI is InChI=1S/C13H22N2O4/c1-4-13(7-16,8-17)14-12(18)6-5-11-9(2)15-19-10(11)3/h16-17H,4-8H2,1-3H3,(H,14,18). The molecule has 0 bridgehead atoms. The number of nitrogens with one attached hydrogen (secondary N) is 1. The molecule has 1 amide bonds. The molecule has 3 N–H and O–H groups in total. The summed E-state index contributed by atoms with van der Waals surface area (Å²) >= 11 is 0. The van der Waals surface area contributed by atoms with Crippen molar-refractivity contribution in [3.63, 3.8) is 0 Å². The average Bonchev–Trinajstić information content (AvgIpc) is 2.73. The van der Waals surface area contributed by atoms with Crippen molar-refractivity contribution >= 4 is 5.91 Å². The highest BCUT2D eigenvalue weighted by molar-refractivity contribution is 5.77. The number of carbonyl (C=O) groups is 1. The molecule has 0 atom stereocenters. The first kappa shape index (κ1) is 15.7. The molecule has 0 saturated carbocycles. The molecule has 0 radical (unpaired) electrons. The van der Waals surface area contributed by atoms with Crippen LogP contribution in [0.5, 0.6) is 0 Å². The van der Waals surface area contributed by atoms with Gasteiger partial charge in [0, 0.05) is 12.0 Å². The van der Waals surface area contributed by atoms with E-state index in [9.17, 15) is 15.0 Å². The molecule has 0 aromatic carbocycles. The molecular formula is C13H22N2O4. The van der Waals surface area contributed by atoms with E-state index in [1.165, 1.54) is 0 Å². The molecule has 0 spiro atoms. The molecule has 0 aliphatic heterocycles. The molecule has 19 heavy (non-hydrogen) atoms. The van der Waals surface area contributed by atoms with E-state index in [1.54, 1.807) is 6.92 Å². The summed E-state index contributed by atoms with van der Waals surface area (Å²) in [6.07, 6.45) is 1.27. The number of amides is 1. The predicted molar refractivity (Wildman–Crippen MR) is 69.6 cm³/mol. The van der Waals surface area contributed by atoms with Gasteiger partial charge in [-0.2, -0.15) is 0 Å². The van der Waals surface area contributed by atoms with Crippen molar-refractivity contribution in [1.82, 2.24) is 10.5 Å². The molecule has 1 heterocycles. The van der Waals surface area contributed by atoms with Crippen LogP contribution in [-0.4, -0.2) is 40.0 Å². The lowest BCUT2D eigenvalue weighted by Gasteiger charge is -2.29. The number of aliphatic hydroxyl groups excluding tert-OH is 2. The van der Waals surface area contributed by atoms with Crippen LogP contribution < -0.4 is 5.32 Å². The summed E-state index contributed by atoms with van der Waals surface area (Å²) in [7, 11) is 0. The van der Waals surface area contributed by atoms with E-state index >= 15 is 0 Å². The van der Waals surface area contributed by atoms with Crippen LogP contribution in [0.25, 0.3) is 0 Å². The normalized spacial score (nSPS) is 11.6. The molecule has 6 nitrogen and oxygen atoms in total. The highest BCUT2D eigenvalue weighted by Gasteiger charge is 2.28. The van der Waals surface area contributed by atoms with Gasteiger partial charge in [0.1, 0.15) is 5.76 Å². The number of aliphatic hydroxyl groups is 2. The SMILES string of the molecule is CCC(CO)(CO)NC(=O)CCc1c(C)noc1C. The van der Waals surface area contributed by atoms with Crippen molar-refractivity contribution in [1.29, 1.82) is 0 Å². The Balaban J connectivity index is 2.57. The zero-order valence-electron chi connectivity index (χ0n) is 11.7. The van der Waals surface area contributed by atoms with Gasteiger partial charge in [0.05, 0.1) is 24.4 Å². The van der Waals surface area contributed by atoms with Crippen LogP contribution in [-0.2, 0) is 11.2 Å². The minimum atomic E-state index is -0.935. The van der Waals surface area contributed by atoms with Crippen LogP contribution in [0.2, 0.25) is 0 Å². The first-order valence-electron chi connectivity index (χ1n) is 6.42. The van der Waals surface area contributed by atoms with Crippen molar-refractivity contribution in [2.75, 3.05) is 13.2 Å². The maximum Gasteiger partial charge on any atom is 0.220 e. The Kier molecular flexibility index (Phi) is 5.50. The quantitative estimate of drug-likeness (QED) is 0.669. The van der Waals surface area contributed by atoms with E-state index < -0.39 is 5.54 Å². The van der Waals surface area contributed by atoms with Crippen LogP contribution in [0.4, 0.5) is 0 Å². The van der Waals surface area contributed by atoms with Gasteiger partial charge in [-0.3, -0.25) is 4.79 Å². The largest absolute Gasteiger partial charge is 0.394 e. The molecule has 1 rings (SSSR count). The molecule has 0 aliphatic rings. The van der Waals surface area contributed by atoms with Gasteiger partial charge in [0.25, 0.3) is 0 Å². The summed E-state index contributed by atoms with van der Waals surface area (Å²) in [5, 5.41) is 25.1. The lowest BCUT2D eigenvalue weighted by atomic mass is 9.98. The van der Waals surface area contributed by atoms with E-state index in [4.69, 9.17) is 4.52 Å². The van der Waals surface area contributed by atoms with Gasteiger partial charge in [-0.25, -0.2) is 0 Å². The number of nitrogens with zero attached hydrogens (tertiary/aromatic N) is 1. The average molecular weight is 270 g/mol. The lowest BCUT2D eigenvalue weighted by molar-refractivity contribution is -0.124. The highest BCUT2D eigenvalue weighted by Crippen LogP contribution is 2.15. The third kappa shape index (κ3) is 3.78. The van der Waals surface area contributed by atoms with Gasteiger partial charge in [0.2, 0.25) is 5.91 Å². The van der Waals surface area contributed by atoms with Crippen LogP contribution in [0.15, 0.2) is 4.52 Å². The van der Waals surface area contributed by atoms with Crippen LogP contribution >= 0.6 is 0 Å². The van der Waals surface area contributed by atoms with E-state index in [2.05, 4.69) is 10.5 Å². The fourth-order valence-electron chi connectivity index (χ4n) is 1.90. The first-order chi connectivity index (χ1) is 8.98. The minimum Gasteiger partial charge on any atom is -0.394 e. The second kappa shape index (κ2) is 6.68. The number of rotatable bonds is 7. The third-order valence-corrected chi connectivity index (χ3v) is 3.47. The van der Waals surface area contributed by atoms with E-state index in [1.807, 2.05) is 13.8 Å². The Labute approximate surface area is 112 Å². The Morgan fingerprint density at radius 1 is 1.37 bits per heavy atom. The summed E-state index contributed by atoms with van der Waals surface area (Å²) in [5.41, 5.74) is 0.789. The predicted octanol–water partition coefficient (Wildman–Crippen LogP) is 0.474.